The van der Waals surface area contributed by atoms with Gasteiger partial charge in [0, 0.05) is 23.2 Å². The van der Waals surface area contributed by atoms with Crippen molar-refractivity contribution in [2.24, 2.45) is 0 Å². The van der Waals surface area contributed by atoms with Gasteiger partial charge in [-0.3, -0.25) is 0 Å². The smallest absolute Gasteiger partial charge is 0.213 e. The number of aromatic nitrogens is 2. The molecule has 2 rings (SSSR count). The molecule has 0 saturated carbocycles. The minimum absolute atomic E-state index is 0.255. The summed E-state index contributed by atoms with van der Waals surface area (Å²) in [5.41, 5.74) is 0.932. The van der Waals surface area contributed by atoms with E-state index in [4.69, 9.17) is 16.3 Å². The normalized spacial score (nSPS) is 10.9. The first-order valence-electron chi connectivity index (χ1n) is 6.05. The third kappa shape index (κ3) is 3.94. The van der Waals surface area contributed by atoms with E-state index in [1.165, 1.54) is 6.39 Å². The Kier molecular flexibility index (Phi) is 4.76. The Balaban J connectivity index is 2.08. The highest BCUT2D eigenvalue weighted by Crippen LogP contribution is 2.26. The Hall–Kier alpha value is -1.59. The molecule has 5 nitrogen and oxygen atoms in total. The molecule has 1 heterocycles. The summed E-state index contributed by atoms with van der Waals surface area (Å²) in [6.45, 7) is 5.07. The van der Waals surface area contributed by atoms with Crippen LogP contribution in [0.2, 0.25) is 5.02 Å². The molecule has 19 heavy (non-hydrogen) atoms. The van der Waals surface area contributed by atoms with Crippen molar-refractivity contribution in [3.63, 3.8) is 0 Å². The molecule has 1 N–H and O–H groups in total. The highest BCUT2D eigenvalue weighted by atomic mass is 35.5. The number of nitrogens with zero attached hydrogens (tertiary/aromatic N) is 2. The third-order valence-corrected chi connectivity index (χ3v) is 2.88. The van der Waals surface area contributed by atoms with Crippen LogP contribution in [-0.2, 0) is 13.2 Å². The van der Waals surface area contributed by atoms with E-state index < -0.39 is 0 Å². The van der Waals surface area contributed by atoms with Crippen LogP contribution in [0.15, 0.2) is 29.1 Å². The Bertz CT molecular complexity index is 515. The Labute approximate surface area is 116 Å². The Morgan fingerprint density at radius 1 is 1.42 bits per heavy atom. The van der Waals surface area contributed by atoms with Crippen LogP contribution in [0.1, 0.15) is 25.2 Å². The zero-order valence-corrected chi connectivity index (χ0v) is 11.6. The molecule has 1 aromatic carbocycles. The second-order valence-electron chi connectivity index (χ2n) is 4.39. The zero-order valence-electron chi connectivity index (χ0n) is 10.9. The van der Waals surface area contributed by atoms with E-state index in [1.807, 2.05) is 18.2 Å². The largest absolute Gasteiger partial charge is 0.485 e. The zero-order chi connectivity index (χ0) is 13.7. The molecule has 0 amide bonds. The average Bonchev–Trinajstić information content (AvgIpc) is 2.88. The van der Waals surface area contributed by atoms with Crippen molar-refractivity contribution in [1.29, 1.82) is 0 Å². The lowest BCUT2D eigenvalue weighted by Crippen LogP contribution is -2.22. The van der Waals surface area contributed by atoms with Crippen LogP contribution in [0.4, 0.5) is 0 Å². The summed E-state index contributed by atoms with van der Waals surface area (Å²) in [6, 6.07) is 5.96. The molecule has 102 valence electrons. The van der Waals surface area contributed by atoms with E-state index in [9.17, 15) is 0 Å². The van der Waals surface area contributed by atoms with Crippen molar-refractivity contribution in [3.05, 3.63) is 41.0 Å². The minimum atomic E-state index is 0.255. The van der Waals surface area contributed by atoms with Gasteiger partial charge in [-0.05, 0) is 12.1 Å². The predicted octanol–water partition coefficient (Wildman–Crippen LogP) is 2.80. The summed E-state index contributed by atoms with van der Waals surface area (Å²) < 4.78 is 10.3. The summed E-state index contributed by atoms with van der Waals surface area (Å²) >= 11 is 6.20. The Morgan fingerprint density at radius 2 is 2.26 bits per heavy atom. The van der Waals surface area contributed by atoms with Crippen molar-refractivity contribution in [2.75, 3.05) is 0 Å². The molecule has 2 aromatic rings. The fraction of sp³-hybridized carbons (Fsp3) is 0.385. The number of benzene rings is 1. The molecular weight excluding hydrogens is 266 g/mol. The first-order valence-corrected chi connectivity index (χ1v) is 6.43. The van der Waals surface area contributed by atoms with Gasteiger partial charge >= 0.3 is 0 Å². The maximum Gasteiger partial charge on any atom is 0.213 e. The van der Waals surface area contributed by atoms with Crippen molar-refractivity contribution >= 4 is 11.6 Å². The number of nitrogens with one attached hydrogen (secondary N) is 1. The van der Waals surface area contributed by atoms with Gasteiger partial charge < -0.3 is 14.6 Å². The second-order valence-corrected chi connectivity index (χ2v) is 4.80. The predicted molar refractivity (Wildman–Crippen MR) is 72.1 cm³/mol. The second kappa shape index (κ2) is 6.54. The summed E-state index contributed by atoms with van der Waals surface area (Å²) in [6.07, 6.45) is 1.28. The van der Waals surface area contributed by atoms with Gasteiger partial charge in [-0.15, -0.1) is 0 Å². The van der Waals surface area contributed by atoms with Crippen LogP contribution in [0, 0.1) is 0 Å². The first kappa shape index (κ1) is 13.8. The molecule has 0 saturated heterocycles. The van der Waals surface area contributed by atoms with Crippen LogP contribution in [0.3, 0.4) is 0 Å². The topological polar surface area (TPSA) is 60.2 Å². The van der Waals surface area contributed by atoms with Crippen LogP contribution >= 0.6 is 11.6 Å². The van der Waals surface area contributed by atoms with Gasteiger partial charge in [0.25, 0.3) is 0 Å². The van der Waals surface area contributed by atoms with E-state index in [0.717, 1.165) is 11.3 Å². The summed E-state index contributed by atoms with van der Waals surface area (Å²) in [5.74, 6) is 1.23. The average molecular weight is 282 g/mol. The number of ether oxygens (including phenoxy) is 1. The van der Waals surface area contributed by atoms with Gasteiger partial charge in [0.2, 0.25) is 12.2 Å². The molecule has 0 fully saturated rings. The lowest BCUT2D eigenvalue weighted by atomic mass is 10.2. The minimum Gasteiger partial charge on any atom is -0.485 e. The summed E-state index contributed by atoms with van der Waals surface area (Å²) in [5, 5.41) is 7.70. The third-order valence-electron chi connectivity index (χ3n) is 2.53. The Morgan fingerprint density at radius 3 is 2.95 bits per heavy atom. The van der Waals surface area contributed by atoms with Crippen LogP contribution in [0.25, 0.3) is 0 Å². The lowest BCUT2D eigenvalue weighted by Gasteiger charge is -2.14. The summed E-state index contributed by atoms with van der Waals surface area (Å²) in [7, 11) is 0. The van der Waals surface area contributed by atoms with Crippen LogP contribution in [-0.4, -0.2) is 16.2 Å². The molecule has 0 atom stereocenters. The quantitative estimate of drug-likeness (QED) is 0.882. The van der Waals surface area contributed by atoms with E-state index >= 15 is 0 Å². The number of hydrogen-bond donors (Lipinski definition) is 1. The fourth-order valence-corrected chi connectivity index (χ4v) is 1.78. The number of hydrogen-bond acceptors (Lipinski definition) is 5. The van der Waals surface area contributed by atoms with Gasteiger partial charge in [0.1, 0.15) is 5.75 Å². The SMILES string of the molecule is CC(C)NCc1c(Cl)cccc1OCc1ncon1. The van der Waals surface area contributed by atoms with E-state index in [2.05, 4.69) is 33.8 Å². The summed E-state index contributed by atoms with van der Waals surface area (Å²) in [4.78, 5) is 3.91. The van der Waals surface area contributed by atoms with Crippen LogP contribution in [0.5, 0.6) is 5.75 Å². The molecule has 0 unspecified atom stereocenters. The molecule has 0 aliphatic carbocycles. The molecule has 1 aromatic heterocycles. The van der Waals surface area contributed by atoms with E-state index in [0.29, 0.717) is 23.4 Å². The van der Waals surface area contributed by atoms with E-state index in [-0.39, 0.29) is 6.61 Å². The molecular formula is C13H16ClN3O2. The molecule has 0 radical (unpaired) electrons. The van der Waals surface area contributed by atoms with Crippen LogP contribution < -0.4 is 10.1 Å². The van der Waals surface area contributed by atoms with Gasteiger partial charge in [-0.25, -0.2) is 0 Å². The monoisotopic (exact) mass is 281 g/mol. The number of rotatable bonds is 6. The molecule has 0 aliphatic heterocycles. The standard InChI is InChI=1S/C13H16ClN3O2/c1-9(2)15-6-10-11(14)4-3-5-12(10)18-7-13-16-8-19-17-13/h3-5,8-9,15H,6-7H2,1-2H3. The highest BCUT2D eigenvalue weighted by molar-refractivity contribution is 6.31. The van der Waals surface area contributed by atoms with Gasteiger partial charge in [-0.2, -0.15) is 4.98 Å². The first-order chi connectivity index (χ1) is 9.16. The number of halogens is 1. The highest BCUT2D eigenvalue weighted by Gasteiger charge is 2.10. The van der Waals surface area contributed by atoms with Gasteiger partial charge in [-0.1, -0.05) is 36.7 Å². The van der Waals surface area contributed by atoms with Crippen molar-refractivity contribution < 1.29 is 9.26 Å². The lowest BCUT2D eigenvalue weighted by molar-refractivity contribution is 0.283. The van der Waals surface area contributed by atoms with Crippen molar-refractivity contribution in [3.8, 4) is 5.75 Å². The maximum atomic E-state index is 6.20. The molecule has 0 aliphatic rings. The van der Waals surface area contributed by atoms with E-state index in [1.54, 1.807) is 0 Å². The fourth-order valence-electron chi connectivity index (χ4n) is 1.55. The molecule has 6 heteroatoms. The van der Waals surface area contributed by atoms with Crippen molar-refractivity contribution in [2.45, 2.75) is 33.0 Å². The van der Waals surface area contributed by atoms with Crippen molar-refractivity contribution in [1.82, 2.24) is 15.5 Å². The maximum absolute atomic E-state index is 6.20. The molecule has 0 spiro atoms. The van der Waals surface area contributed by atoms with Gasteiger partial charge in [0.05, 0.1) is 0 Å². The molecule has 0 bridgehead atoms. The van der Waals surface area contributed by atoms with Gasteiger partial charge in [0.15, 0.2) is 6.61 Å².